The molecule has 0 atom stereocenters. The Morgan fingerprint density at radius 1 is 0.967 bits per heavy atom. The molecule has 5 heteroatoms. The molecule has 1 amide bonds. The van der Waals surface area contributed by atoms with Crippen molar-refractivity contribution in [2.24, 2.45) is 0 Å². The van der Waals surface area contributed by atoms with Gasteiger partial charge in [0.05, 0.1) is 14.2 Å². The highest BCUT2D eigenvalue weighted by molar-refractivity contribution is 6.05. The minimum absolute atomic E-state index is 0.156. The molecule has 5 nitrogen and oxygen atoms in total. The number of anilines is 1. The molecule has 1 aliphatic heterocycles. The highest BCUT2D eigenvalue weighted by Gasteiger charge is 2.20. The molecule has 3 aromatic carbocycles. The summed E-state index contributed by atoms with van der Waals surface area (Å²) >= 11 is 0. The number of ether oxygens (including phenoxy) is 2. The minimum Gasteiger partial charge on any atom is -0.493 e. The van der Waals surface area contributed by atoms with Crippen LogP contribution in [-0.4, -0.2) is 31.6 Å². The molecular weight excluding hydrogens is 376 g/mol. The molecule has 0 radical (unpaired) electrons. The van der Waals surface area contributed by atoms with Gasteiger partial charge < -0.3 is 14.8 Å². The number of rotatable bonds is 6. The number of amides is 1. The molecule has 0 unspecified atom stereocenters. The second-order valence-electron chi connectivity index (χ2n) is 7.41. The van der Waals surface area contributed by atoms with E-state index in [1.165, 1.54) is 16.7 Å². The summed E-state index contributed by atoms with van der Waals surface area (Å²) in [5, 5.41) is 3.09. The van der Waals surface area contributed by atoms with Gasteiger partial charge in [-0.15, -0.1) is 0 Å². The first-order valence-corrected chi connectivity index (χ1v) is 10.1. The number of carbonyl (C=O) groups is 1. The largest absolute Gasteiger partial charge is 0.493 e. The summed E-state index contributed by atoms with van der Waals surface area (Å²) in [5.41, 5.74) is 5.22. The molecule has 0 saturated carbocycles. The van der Waals surface area contributed by atoms with Crippen LogP contribution in [0.1, 0.15) is 27.0 Å². The van der Waals surface area contributed by atoms with Crippen LogP contribution in [0.5, 0.6) is 11.5 Å². The molecule has 0 aromatic heterocycles. The molecule has 0 aliphatic carbocycles. The lowest BCUT2D eigenvalue weighted by molar-refractivity contribution is 0.102. The topological polar surface area (TPSA) is 50.8 Å². The Balaban J connectivity index is 1.49. The Bertz CT molecular complexity index is 1030. The number of benzene rings is 3. The van der Waals surface area contributed by atoms with Crippen molar-refractivity contribution in [3.05, 3.63) is 89.0 Å². The van der Waals surface area contributed by atoms with Gasteiger partial charge in [0.1, 0.15) is 0 Å². The molecule has 4 rings (SSSR count). The molecular formula is C25H26N2O3. The number of carbonyl (C=O) groups excluding carboxylic acids is 1. The smallest absolute Gasteiger partial charge is 0.255 e. The van der Waals surface area contributed by atoms with E-state index in [0.29, 0.717) is 17.1 Å². The fourth-order valence-corrected chi connectivity index (χ4v) is 3.93. The Morgan fingerprint density at radius 3 is 2.53 bits per heavy atom. The van der Waals surface area contributed by atoms with Crippen molar-refractivity contribution >= 4 is 11.6 Å². The zero-order chi connectivity index (χ0) is 20.9. The van der Waals surface area contributed by atoms with Gasteiger partial charge in [0, 0.05) is 30.9 Å². The fraction of sp³-hybridized carbons (Fsp3) is 0.240. The van der Waals surface area contributed by atoms with Crippen LogP contribution in [0.3, 0.4) is 0 Å². The third-order valence-electron chi connectivity index (χ3n) is 5.49. The van der Waals surface area contributed by atoms with E-state index in [4.69, 9.17) is 9.47 Å². The maximum atomic E-state index is 12.9. The normalized spacial score (nSPS) is 13.4. The zero-order valence-electron chi connectivity index (χ0n) is 17.4. The summed E-state index contributed by atoms with van der Waals surface area (Å²) in [4.78, 5) is 15.3. The Morgan fingerprint density at radius 2 is 1.77 bits per heavy atom. The number of methoxy groups -OCH3 is 2. The van der Waals surface area contributed by atoms with E-state index in [-0.39, 0.29) is 5.91 Å². The van der Waals surface area contributed by atoms with Crippen LogP contribution in [-0.2, 0) is 19.5 Å². The van der Waals surface area contributed by atoms with Crippen LogP contribution in [0.25, 0.3) is 0 Å². The molecule has 30 heavy (non-hydrogen) atoms. The number of nitrogens with zero attached hydrogens (tertiary/aromatic N) is 1. The molecule has 0 fully saturated rings. The highest BCUT2D eigenvalue weighted by Crippen LogP contribution is 2.30. The van der Waals surface area contributed by atoms with Crippen molar-refractivity contribution in [2.75, 3.05) is 26.1 Å². The van der Waals surface area contributed by atoms with Crippen LogP contribution in [0.15, 0.2) is 66.7 Å². The van der Waals surface area contributed by atoms with Gasteiger partial charge in [-0.3, -0.25) is 9.69 Å². The predicted molar refractivity (Wildman–Crippen MR) is 118 cm³/mol. The summed E-state index contributed by atoms with van der Waals surface area (Å²) in [6, 6.07) is 21.9. The van der Waals surface area contributed by atoms with Gasteiger partial charge >= 0.3 is 0 Å². The van der Waals surface area contributed by atoms with E-state index in [0.717, 1.165) is 31.7 Å². The molecule has 0 saturated heterocycles. The molecule has 1 heterocycles. The monoisotopic (exact) mass is 402 g/mol. The minimum atomic E-state index is -0.156. The number of hydrogen-bond donors (Lipinski definition) is 1. The molecule has 1 N–H and O–H groups in total. The van der Waals surface area contributed by atoms with Crippen molar-refractivity contribution in [1.29, 1.82) is 0 Å². The van der Waals surface area contributed by atoms with Crippen LogP contribution in [0.4, 0.5) is 5.69 Å². The van der Waals surface area contributed by atoms with Crippen LogP contribution < -0.4 is 14.8 Å². The van der Waals surface area contributed by atoms with E-state index in [9.17, 15) is 4.79 Å². The third kappa shape index (κ3) is 4.31. The highest BCUT2D eigenvalue weighted by atomic mass is 16.5. The SMILES string of the molecule is COc1ccc(C(=O)Nc2cccc3c2CCN(Cc2ccccc2)C3)cc1OC. The summed E-state index contributed by atoms with van der Waals surface area (Å²) < 4.78 is 10.6. The zero-order valence-corrected chi connectivity index (χ0v) is 17.4. The van der Waals surface area contributed by atoms with Crippen LogP contribution in [0, 0.1) is 0 Å². The van der Waals surface area contributed by atoms with Crippen molar-refractivity contribution in [1.82, 2.24) is 4.90 Å². The first-order chi connectivity index (χ1) is 14.7. The average Bonchev–Trinajstić information content (AvgIpc) is 2.79. The van der Waals surface area contributed by atoms with E-state index in [2.05, 4.69) is 40.5 Å². The lowest BCUT2D eigenvalue weighted by atomic mass is 9.97. The molecule has 0 bridgehead atoms. The van der Waals surface area contributed by atoms with Gasteiger partial charge in [0.15, 0.2) is 11.5 Å². The van der Waals surface area contributed by atoms with Gasteiger partial charge in [-0.1, -0.05) is 42.5 Å². The molecule has 0 spiro atoms. The Kier molecular flexibility index (Phi) is 6.00. The second-order valence-corrected chi connectivity index (χ2v) is 7.41. The van der Waals surface area contributed by atoms with Gasteiger partial charge in [-0.25, -0.2) is 0 Å². The van der Waals surface area contributed by atoms with E-state index >= 15 is 0 Å². The average molecular weight is 402 g/mol. The predicted octanol–water partition coefficient (Wildman–Crippen LogP) is 4.51. The van der Waals surface area contributed by atoms with Crippen molar-refractivity contribution in [3.8, 4) is 11.5 Å². The maximum Gasteiger partial charge on any atom is 0.255 e. The second kappa shape index (κ2) is 9.01. The van der Waals surface area contributed by atoms with E-state index < -0.39 is 0 Å². The molecule has 3 aromatic rings. The Hall–Kier alpha value is -3.31. The van der Waals surface area contributed by atoms with Gasteiger partial charge in [0.2, 0.25) is 0 Å². The lowest BCUT2D eigenvalue weighted by Crippen LogP contribution is -2.30. The van der Waals surface area contributed by atoms with E-state index in [1.807, 2.05) is 18.2 Å². The van der Waals surface area contributed by atoms with Crippen LogP contribution in [0.2, 0.25) is 0 Å². The summed E-state index contributed by atoms with van der Waals surface area (Å²) in [5.74, 6) is 0.984. The fourth-order valence-electron chi connectivity index (χ4n) is 3.93. The lowest BCUT2D eigenvalue weighted by Gasteiger charge is -2.30. The van der Waals surface area contributed by atoms with Gasteiger partial charge in [0.25, 0.3) is 5.91 Å². The molecule has 154 valence electrons. The molecule has 1 aliphatic rings. The quantitative estimate of drug-likeness (QED) is 0.659. The third-order valence-corrected chi connectivity index (χ3v) is 5.49. The van der Waals surface area contributed by atoms with Gasteiger partial charge in [-0.05, 0) is 47.4 Å². The summed E-state index contributed by atoms with van der Waals surface area (Å²) in [6.07, 6.45) is 0.907. The number of hydrogen-bond acceptors (Lipinski definition) is 4. The maximum absolute atomic E-state index is 12.9. The van der Waals surface area contributed by atoms with E-state index in [1.54, 1.807) is 32.4 Å². The first-order valence-electron chi connectivity index (χ1n) is 10.1. The summed E-state index contributed by atoms with van der Waals surface area (Å²) in [7, 11) is 3.14. The Labute approximate surface area is 177 Å². The van der Waals surface area contributed by atoms with Crippen LogP contribution >= 0.6 is 0 Å². The first kappa shape index (κ1) is 20.0. The standard InChI is InChI=1S/C25H26N2O3/c1-29-23-12-11-19(15-24(23)30-2)25(28)26-22-10-6-9-20-17-27(14-13-21(20)22)16-18-7-4-3-5-8-18/h3-12,15H,13-14,16-17H2,1-2H3,(H,26,28). The van der Waals surface area contributed by atoms with Crippen molar-refractivity contribution in [3.63, 3.8) is 0 Å². The van der Waals surface area contributed by atoms with Crippen molar-refractivity contribution in [2.45, 2.75) is 19.5 Å². The summed E-state index contributed by atoms with van der Waals surface area (Å²) in [6.45, 7) is 2.78. The number of fused-ring (bicyclic) bond motifs is 1. The van der Waals surface area contributed by atoms with Crippen molar-refractivity contribution < 1.29 is 14.3 Å². The number of nitrogens with one attached hydrogen (secondary N) is 1. The van der Waals surface area contributed by atoms with Gasteiger partial charge in [-0.2, -0.15) is 0 Å².